The van der Waals surface area contributed by atoms with Crippen molar-refractivity contribution in [2.45, 2.75) is 37.2 Å². The number of nitrogens with zero attached hydrogens (tertiary/aromatic N) is 3. The topological polar surface area (TPSA) is 92.4 Å². The number of thioether (sulfide) groups is 1. The van der Waals surface area contributed by atoms with Gasteiger partial charge in [-0.3, -0.25) is 10.2 Å². The Morgan fingerprint density at radius 3 is 2.51 bits per heavy atom. The molecular weight excluding hydrogens is 526 g/mol. The van der Waals surface area contributed by atoms with E-state index in [0.717, 1.165) is 22.9 Å². The van der Waals surface area contributed by atoms with Crippen LogP contribution >= 0.6 is 35.0 Å². The minimum absolute atomic E-state index is 0.0215. The van der Waals surface area contributed by atoms with Crippen LogP contribution in [0.1, 0.15) is 29.0 Å². The van der Waals surface area contributed by atoms with Crippen LogP contribution in [0.2, 0.25) is 10.0 Å². The second-order valence-corrected chi connectivity index (χ2v) is 9.72. The first-order chi connectivity index (χ1) is 16.5. The van der Waals surface area contributed by atoms with E-state index < -0.39 is 18.1 Å². The van der Waals surface area contributed by atoms with Crippen molar-refractivity contribution in [3.05, 3.63) is 69.0 Å². The lowest BCUT2D eigenvalue weighted by Crippen LogP contribution is -2.49. The van der Waals surface area contributed by atoms with Gasteiger partial charge in [0.05, 0.1) is 5.75 Å². The Balaban J connectivity index is 1.44. The molecule has 0 bridgehead atoms. The normalized spacial score (nSPS) is 17.7. The van der Waals surface area contributed by atoms with Crippen LogP contribution in [-0.4, -0.2) is 33.7 Å². The van der Waals surface area contributed by atoms with Crippen LogP contribution in [0.25, 0.3) is 0 Å². The average molecular weight is 544 g/mol. The molecule has 35 heavy (non-hydrogen) atoms. The molecule has 13 heteroatoms. The summed E-state index contributed by atoms with van der Waals surface area (Å²) >= 11 is 12.8. The van der Waals surface area contributed by atoms with Crippen molar-refractivity contribution in [1.82, 2.24) is 15.6 Å². The van der Waals surface area contributed by atoms with Crippen LogP contribution in [0.5, 0.6) is 0 Å². The van der Waals surface area contributed by atoms with Crippen LogP contribution in [-0.2, 0) is 10.3 Å². The van der Waals surface area contributed by atoms with Crippen LogP contribution < -0.4 is 10.7 Å². The maximum absolute atomic E-state index is 14.2. The number of hydrazone groups is 1. The fraction of sp³-hybridized carbons (Fsp3) is 0.273. The van der Waals surface area contributed by atoms with E-state index in [-0.39, 0.29) is 44.1 Å². The molecule has 1 aliphatic heterocycles. The van der Waals surface area contributed by atoms with Gasteiger partial charge in [-0.1, -0.05) is 41.0 Å². The fourth-order valence-electron chi connectivity index (χ4n) is 3.44. The number of halogens is 5. The third kappa shape index (κ3) is 5.41. The molecule has 0 saturated heterocycles. The molecule has 4 rings (SSSR count). The summed E-state index contributed by atoms with van der Waals surface area (Å²) in [6.45, 7) is 3.91. The number of anilines is 1. The molecule has 2 N–H and O–H groups in total. The van der Waals surface area contributed by atoms with E-state index >= 15 is 0 Å². The predicted octanol–water partition coefficient (Wildman–Crippen LogP) is 5.88. The molecule has 2 heterocycles. The smallest absolute Gasteiger partial charge is 0.410 e. The molecule has 184 valence electrons. The molecule has 1 aromatic heterocycles. The summed E-state index contributed by atoms with van der Waals surface area (Å²) in [4.78, 5) is 12.3. The van der Waals surface area contributed by atoms with Crippen LogP contribution in [0.15, 0.2) is 51.1 Å². The minimum Gasteiger partial charge on any atom is -0.410 e. The highest BCUT2D eigenvalue weighted by atomic mass is 35.5. The Morgan fingerprint density at radius 2 is 1.86 bits per heavy atom. The molecular formula is C22H18Cl2F3N5O2S. The summed E-state index contributed by atoms with van der Waals surface area (Å²) < 4.78 is 47.9. The number of benzene rings is 2. The average Bonchev–Trinajstić information content (AvgIpc) is 3.42. The number of carbonyl (C=O) groups excluding carboxylic acids is 1. The highest BCUT2D eigenvalue weighted by Crippen LogP contribution is 2.46. The molecule has 1 unspecified atom stereocenters. The van der Waals surface area contributed by atoms with Gasteiger partial charge < -0.3 is 9.73 Å². The molecule has 0 saturated carbocycles. The van der Waals surface area contributed by atoms with Crippen molar-refractivity contribution in [3.8, 4) is 0 Å². The van der Waals surface area contributed by atoms with Crippen LogP contribution in [0, 0.1) is 13.8 Å². The Morgan fingerprint density at radius 1 is 1.14 bits per heavy atom. The third-order valence-corrected chi connectivity index (χ3v) is 6.68. The van der Waals surface area contributed by atoms with Gasteiger partial charge in [0.2, 0.25) is 5.91 Å². The summed E-state index contributed by atoms with van der Waals surface area (Å²) in [7, 11) is 0. The van der Waals surface area contributed by atoms with Gasteiger partial charge in [0.25, 0.3) is 11.1 Å². The van der Waals surface area contributed by atoms with Gasteiger partial charge in [0.15, 0.2) is 5.54 Å². The number of rotatable bonds is 6. The number of amides is 1. The first kappa shape index (κ1) is 25.3. The lowest BCUT2D eigenvalue weighted by atomic mass is 9.85. The maximum atomic E-state index is 14.2. The van der Waals surface area contributed by atoms with E-state index in [0.29, 0.717) is 5.69 Å². The van der Waals surface area contributed by atoms with Gasteiger partial charge in [-0.2, -0.15) is 18.3 Å². The van der Waals surface area contributed by atoms with Crippen molar-refractivity contribution in [2.75, 3.05) is 11.1 Å². The van der Waals surface area contributed by atoms with E-state index in [1.165, 1.54) is 18.2 Å². The first-order valence-corrected chi connectivity index (χ1v) is 11.9. The van der Waals surface area contributed by atoms with E-state index in [4.69, 9.17) is 27.6 Å². The quantitative estimate of drug-likeness (QED) is 0.377. The van der Waals surface area contributed by atoms with Gasteiger partial charge in [-0.05, 0) is 60.9 Å². The minimum atomic E-state index is -4.74. The number of aryl methyl sites for hydroxylation is 2. The van der Waals surface area contributed by atoms with Crippen LogP contribution in [0.4, 0.5) is 18.9 Å². The van der Waals surface area contributed by atoms with Gasteiger partial charge in [-0.15, -0.1) is 10.2 Å². The van der Waals surface area contributed by atoms with Crippen molar-refractivity contribution in [3.63, 3.8) is 0 Å². The lowest BCUT2D eigenvalue weighted by molar-refractivity contribution is -0.196. The summed E-state index contributed by atoms with van der Waals surface area (Å²) in [6.07, 6.45) is -5.36. The molecule has 1 aliphatic rings. The molecule has 0 aliphatic carbocycles. The molecule has 1 amide bonds. The second kappa shape index (κ2) is 9.71. The molecule has 2 aromatic carbocycles. The molecule has 1 atom stereocenters. The fourth-order valence-corrected chi connectivity index (χ4v) is 4.53. The number of carbonyl (C=O) groups is 1. The summed E-state index contributed by atoms with van der Waals surface area (Å²) in [5.41, 5.74) is 2.12. The second-order valence-electron chi connectivity index (χ2n) is 7.92. The van der Waals surface area contributed by atoms with Crippen molar-refractivity contribution >= 4 is 52.3 Å². The van der Waals surface area contributed by atoms with E-state index in [1.807, 2.05) is 26.0 Å². The number of hydrogen-bond donors (Lipinski definition) is 2. The zero-order chi connectivity index (χ0) is 25.4. The molecule has 0 fully saturated rings. The summed E-state index contributed by atoms with van der Waals surface area (Å²) in [5, 5.41) is 14.3. The van der Waals surface area contributed by atoms with Crippen molar-refractivity contribution in [2.24, 2.45) is 5.10 Å². The standard InChI is InChI=1S/C22H18Cl2F3N5O2S/c1-11-3-4-16(5-12(11)2)28-18(33)10-35-20-31-30-19(34-20)17-9-21(32-29-17,22(25,26)27)13-6-14(23)8-15(24)7-13/h3-8,32H,9-10H2,1-2H3,(H,28,33). The first-order valence-electron chi connectivity index (χ1n) is 10.2. The van der Waals surface area contributed by atoms with Gasteiger partial charge >= 0.3 is 6.18 Å². The predicted molar refractivity (Wildman–Crippen MR) is 128 cm³/mol. The van der Waals surface area contributed by atoms with Crippen molar-refractivity contribution in [1.29, 1.82) is 0 Å². The molecule has 0 spiro atoms. The highest BCUT2D eigenvalue weighted by Gasteiger charge is 2.60. The van der Waals surface area contributed by atoms with E-state index in [9.17, 15) is 18.0 Å². The Kier molecular flexibility index (Phi) is 7.03. The molecule has 7 nitrogen and oxygen atoms in total. The Bertz CT molecular complexity index is 1290. The van der Waals surface area contributed by atoms with Crippen molar-refractivity contribution < 1.29 is 22.4 Å². The molecule has 3 aromatic rings. The number of alkyl halides is 3. The van der Waals surface area contributed by atoms with E-state index in [2.05, 4.69) is 26.0 Å². The largest absolute Gasteiger partial charge is 0.417 e. The third-order valence-electron chi connectivity index (χ3n) is 5.42. The van der Waals surface area contributed by atoms with Gasteiger partial charge in [0, 0.05) is 22.2 Å². The number of hydrogen-bond acceptors (Lipinski definition) is 7. The maximum Gasteiger partial charge on any atom is 0.417 e. The van der Waals surface area contributed by atoms with Crippen LogP contribution in [0.3, 0.4) is 0 Å². The lowest BCUT2D eigenvalue weighted by Gasteiger charge is -2.31. The summed E-state index contributed by atoms with van der Waals surface area (Å²) in [5.74, 6) is -0.520. The number of nitrogens with one attached hydrogen (secondary N) is 2. The zero-order valence-corrected chi connectivity index (χ0v) is 20.7. The monoisotopic (exact) mass is 543 g/mol. The Labute approximate surface area is 212 Å². The highest BCUT2D eigenvalue weighted by molar-refractivity contribution is 7.99. The summed E-state index contributed by atoms with van der Waals surface area (Å²) in [6, 6.07) is 9.24. The SMILES string of the molecule is Cc1ccc(NC(=O)CSc2nnc(C3=NNC(c4cc(Cl)cc(Cl)c4)(C(F)(F)F)C3)o2)cc1C. The van der Waals surface area contributed by atoms with Gasteiger partial charge in [-0.25, -0.2) is 0 Å². The Hall–Kier alpha value is -2.76. The zero-order valence-electron chi connectivity index (χ0n) is 18.3. The van der Waals surface area contributed by atoms with E-state index in [1.54, 1.807) is 6.07 Å². The number of aromatic nitrogens is 2. The van der Waals surface area contributed by atoms with Gasteiger partial charge in [0.1, 0.15) is 5.71 Å². The molecule has 0 radical (unpaired) electrons.